The number of H-pyrrole nitrogens is 1. The van der Waals surface area contributed by atoms with Crippen molar-refractivity contribution >= 4 is 5.91 Å². The van der Waals surface area contributed by atoms with Crippen molar-refractivity contribution in [1.29, 1.82) is 0 Å². The van der Waals surface area contributed by atoms with Gasteiger partial charge in [0, 0.05) is 24.0 Å². The molecule has 22 heavy (non-hydrogen) atoms. The first-order valence-corrected chi connectivity index (χ1v) is 7.89. The third-order valence-electron chi connectivity index (χ3n) is 4.64. The summed E-state index contributed by atoms with van der Waals surface area (Å²) in [4.78, 5) is 23.6. The lowest BCUT2D eigenvalue weighted by atomic mass is 10.1. The predicted octanol–water partition coefficient (Wildman–Crippen LogP) is 1.97. The van der Waals surface area contributed by atoms with Gasteiger partial charge in [0.15, 0.2) is 5.69 Å². The SMILES string of the molecule is Cc1cncc([C@H]2CCCN2C(=O)c2n[nH]c3c2CCC3)n1. The van der Waals surface area contributed by atoms with Gasteiger partial charge in [-0.3, -0.25) is 19.9 Å². The van der Waals surface area contributed by atoms with Gasteiger partial charge >= 0.3 is 0 Å². The zero-order valence-corrected chi connectivity index (χ0v) is 12.7. The monoisotopic (exact) mass is 297 g/mol. The summed E-state index contributed by atoms with van der Waals surface area (Å²) in [5, 5.41) is 7.30. The molecule has 0 unspecified atom stereocenters. The summed E-state index contributed by atoms with van der Waals surface area (Å²) in [5.41, 5.74) is 4.64. The number of nitrogens with one attached hydrogen (secondary N) is 1. The second kappa shape index (κ2) is 5.19. The van der Waals surface area contributed by atoms with Gasteiger partial charge in [-0.15, -0.1) is 0 Å². The lowest BCUT2D eigenvalue weighted by Crippen LogP contribution is -2.32. The molecule has 6 nitrogen and oxygen atoms in total. The van der Waals surface area contributed by atoms with E-state index < -0.39 is 0 Å². The van der Waals surface area contributed by atoms with Crippen LogP contribution >= 0.6 is 0 Å². The van der Waals surface area contributed by atoms with E-state index in [9.17, 15) is 4.79 Å². The minimum absolute atomic E-state index is 0.0219. The highest BCUT2D eigenvalue weighted by molar-refractivity contribution is 5.94. The van der Waals surface area contributed by atoms with E-state index in [-0.39, 0.29) is 11.9 Å². The molecule has 114 valence electrons. The molecule has 0 radical (unpaired) electrons. The second-order valence-electron chi connectivity index (χ2n) is 6.12. The molecule has 4 rings (SSSR count). The molecule has 1 N–H and O–H groups in total. The molecule has 1 amide bonds. The Morgan fingerprint density at radius 3 is 3.09 bits per heavy atom. The molecule has 1 aliphatic carbocycles. The molecular formula is C16H19N5O. The van der Waals surface area contributed by atoms with E-state index >= 15 is 0 Å². The molecular weight excluding hydrogens is 278 g/mol. The molecule has 0 saturated carbocycles. The standard InChI is InChI=1S/C16H19N5O/c1-10-8-17-9-13(18-10)14-6-3-7-21(14)16(22)15-11-4-2-5-12(11)19-20-15/h8-9,14H,2-7H2,1H3,(H,19,20)/t14-/m1/s1. The minimum atomic E-state index is 0.0219. The van der Waals surface area contributed by atoms with Gasteiger partial charge in [0.2, 0.25) is 0 Å². The first kappa shape index (κ1) is 13.4. The number of aromatic nitrogens is 4. The number of aromatic amines is 1. The Balaban J connectivity index is 1.64. The Bertz CT molecular complexity index is 723. The van der Waals surface area contributed by atoms with Gasteiger partial charge in [0.25, 0.3) is 5.91 Å². The van der Waals surface area contributed by atoms with E-state index in [2.05, 4.69) is 20.2 Å². The Morgan fingerprint density at radius 2 is 2.23 bits per heavy atom. The summed E-state index contributed by atoms with van der Waals surface area (Å²) in [6.07, 6.45) is 8.52. The van der Waals surface area contributed by atoms with Gasteiger partial charge in [-0.1, -0.05) is 0 Å². The quantitative estimate of drug-likeness (QED) is 0.919. The van der Waals surface area contributed by atoms with Crippen molar-refractivity contribution in [2.45, 2.75) is 45.1 Å². The fourth-order valence-electron chi connectivity index (χ4n) is 3.59. The van der Waals surface area contributed by atoms with E-state index in [4.69, 9.17) is 0 Å². The maximum Gasteiger partial charge on any atom is 0.275 e. The van der Waals surface area contributed by atoms with Crippen molar-refractivity contribution in [1.82, 2.24) is 25.1 Å². The fourth-order valence-corrected chi connectivity index (χ4v) is 3.59. The summed E-state index contributed by atoms with van der Waals surface area (Å²) >= 11 is 0. The topological polar surface area (TPSA) is 74.8 Å². The molecule has 1 aliphatic heterocycles. The third-order valence-corrected chi connectivity index (χ3v) is 4.64. The number of hydrogen-bond acceptors (Lipinski definition) is 4. The van der Waals surface area contributed by atoms with E-state index in [1.165, 1.54) is 0 Å². The molecule has 6 heteroatoms. The van der Waals surface area contributed by atoms with Gasteiger partial charge in [-0.25, -0.2) is 0 Å². The summed E-state index contributed by atoms with van der Waals surface area (Å²) in [6.45, 7) is 2.69. The van der Waals surface area contributed by atoms with E-state index in [0.29, 0.717) is 5.69 Å². The first-order chi connectivity index (χ1) is 10.7. The van der Waals surface area contributed by atoms with Crippen LogP contribution in [0.1, 0.15) is 58.4 Å². The Hall–Kier alpha value is -2.24. The molecule has 0 spiro atoms. The van der Waals surface area contributed by atoms with E-state index in [1.54, 1.807) is 12.4 Å². The Labute approximate surface area is 129 Å². The minimum Gasteiger partial charge on any atom is -0.329 e. The first-order valence-electron chi connectivity index (χ1n) is 7.89. The number of aryl methyl sites for hydroxylation is 2. The third kappa shape index (κ3) is 2.10. The lowest BCUT2D eigenvalue weighted by Gasteiger charge is -2.23. The number of amides is 1. The molecule has 3 heterocycles. The predicted molar refractivity (Wildman–Crippen MR) is 80.4 cm³/mol. The van der Waals surface area contributed by atoms with Crippen LogP contribution in [-0.4, -0.2) is 37.5 Å². The average Bonchev–Trinajstić information content (AvgIpc) is 3.22. The normalized spacial score (nSPS) is 20.4. The molecule has 1 fully saturated rings. The Kier molecular flexibility index (Phi) is 3.17. The molecule has 2 aromatic heterocycles. The van der Waals surface area contributed by atoms with Crippen LogP contribution in [0.2, 0.25) is 0 Å². The number of carbonyl (C=O) groups is 1. The fraction of sp³-hybridized carbons (Fsp3) is 0.500. The number of fused-ring (bicyclic) bond motifs is 1. The average molecular weight is 297 g/mol. The van der Waals surface area contributed by atoms with Gasteiger partial charge in [-0.05, 0) is 39.0 Å². The number of rotatable bonds is 2. The summed E-state index contributed by atoms with van der Waals surface area (Å²) in [5.74, 6) is 0.0326. The van der Waals surface area contributed by atoms with Crippen molar-refractivity contribution in [3.05, 3.63) is 40.7 Å². The van der Waals surface area contributed by atoms with E-state index in [1.807, 2.05) is 11.8 Å². The van der Waals surface area contributed by atoms with Gasteiger partial charge < -0.3 is 4.90 Å². The van der Waals surface area contributed by atoms with Crippen molar-refractivity contribution < 1.29 is 4.79 Å². The number of carbonyl (C=O) groups excluding carboxylic acids is 1. The van der Waals surface area contributed by atoms with Crippen LogP contribution in [0, 0.1) is 6.92 Å². The largest absolute Gasteiger partial charge is 0.329 e. The van der Waals surface area contributed by atoms with Gasteiger partial charge in [0.1, 0.15) is 0 Å². The van der Waals surface area contributed by atoms with Crippen molar-refractivity contribution in [3.63, 3.8) is 0 Å². The van der Waals surface area contributed by atoms with Gasteiger partial charge in [-0.2, -0.15) is 5.10 Å². The maximum atomic E-state index is 12.9. The van der Waals surface area contributed by atoms with Crippen molar-refractivity contribution in [3.8, 4) is 0 Å². The molecule has 2 aliphatic rings. The van der Waals surface area contributed by atoms with Crippen LogP contribution in [-0.2, 0) is 12.8 Å². The van der Waals surface area contributed by atoms with Crippen LogP contribution in [0.4, 0.5) is 0 Å². The van der Waals surface area contributed by atoms with Crippen LogP contribution < -0.4 is 0 Å². The van der Waals surface area contributed by atoms with Gasteiger partial charge in [0.05, 0.1) is 23.6 Å². The number of likely N-dealkylation sites (tertiary alicyclic amines) is 1. The summed E-state index contributed by atoms with van der Waals surface area (Å²) in [6, 6.07) is 0.0219. The second-order valence-corrected chi connectivity index (χ2v) is 6.12. The van der Waals surface area contributed by atoms with E-state index in [0.717, 1.165) is 61.3 Å². The molecule has 0 bridgehead atoms. The lowest BCUT2D eigenvalue weighted by molar-refractivity contribution is 0.0725. The zero-order chi connectivity index (χ0) is 15.1. The molecule has 1 atom stereocenters. The summed E-state index contributed by atoms with van der Waals surface area (Å²) in [7, 11) is 0. The zero-order valence-electron chi connectivity index (χ0n) is 12.7. The number of hydrogen-bond donors (Lipinski definition) is 1. The highest BCUT2D eigenvalue weighted by atomic mass is 16.2. The van der Waals surface area contributed by atoms with Crippen LogP contribution in [0.25, 0.3) is 0 Å². The maximum absolute atomic E-state index is 12.9. The molecule has 2 aromatic rings. The Morgan fingerprint density at radius 1 is 1.32 bits per heavy atom. The van der Waals surface area contributed by atoms with Crippen LogP contribution in [0.5, 0.6) is 0 Å². The van der Waals surface area contributed by atoms with Crippen molar-refractivity contribution in [2.24, 2.45) is 0 Å². The summed E-state index contributed by atoms with van der Waals surface area (Å²) < 4.78 is 0. The highest BCUT2D eigenvalue weighted by Gasteiger charge is 2.35. The highest BCUT2D eigenvalue weighted by Crippen LogP contribution is 2.33. The smallest absolute Gasteiger partial charge is 0.275 e. The molecule has 0 aromatic carbocycles. The van der Waals surface area contributed by atoms with Crippen LogP contribution in [0.3, 0.4) is 0 Å². The van der Waals surface area contributed by atoms with Crippen molar-refractivity contribution in [2.75, 3.05) is 6.54 Å². The molecule has 1 saturated heterocycles. The number of nitrogens with zero attached hydrogens (tertiary/aromatic N) is 4. The van der Waals surface area contributed by atoms with Crippen LogP contribution in [0.15, 0.2) is 12.4 Å².